The molecule has 0 fully saturated rings. The van der Waals surface area contributed by atoms with Crippen LogP contribution in [0.2, 0.25) is 0 Å². The van der Waals surface area contributed by atoms with Crippen LogP contribution in [0.25, 0.3) is 0 Å². The smallest absolute Gasteiger partial charge is 0.337 e. The first-order valence-electron chi connectivity index (χ1n) is 7.68. The standard InChI is InChI=1S/C19H21NO5/c1-12-8-17(24-3)14(10-16(12)23-2)11-18(21)20-15-7-5-6-13(9-15)19(22)25-4/h5-10H,11H2,1-4H3,(H,20,21). The van der Waals surface area contributed by atoms with E-state index in [2.05, 4.69) is 10.1 Å². The normalized spacial score (nSPS) is 10.1. The van der Waals surface area contributed by atoms with Gasteiger partial charge in [0.15, 0.2) is 0 Å². The molecule has 2 aromatic carbocycles. The Labute approximate surface area is 146 Å². The Morgan fingerprint density at radius 2 is 1.72 bits per heavy atom. The molecule has 132 valence electrons. The van der Waals surface area contributed by atoms with Crippen molar-refractivity contribution >= 4 is 17.6 Å². The molecule has 0 atom stereocenters. The van der Waals surface area contributed by atoms with E-state index in [1.165, 1.54) is 7.11 Å². The second-order valence-electron chi connectivity index (χ2n) is 5.43. The van der Waals surface area contributed by atoms with Crippen molar-refractivity contribution in [2.45, 2.75) is 13.3 Å². The average molecular weight is 343 g/mol. The number of rotatable bonds is 6. The predicted molar refractivity (Wildman–Crippen MR) is 94.4 cm³/mol. The number of carbonyl (C=O) groups excluding carboxylic acids is 2. The van der Waals surface area contributed by atoms with E-state index in [1.54, 1.807) is 44.6 Å². The Morgan fingerprint density at radius 3 is 2.36 bits per heavy atom. The lowest BCUT2D eigenvalue weighted by Crippen LogP contribution is -2.15. The minimum atomic E-state index is -0.457. The van der Waals surface area contributed by atoms with Gasteiger partial charge in [0.1, 0.15) is 11.5 Å². The van der Waals surface area contributed by atoms with E-state index in [0.717, 1.165) is 5.56 Å². The van der Waals surface area contributed by atoms with Crippen LogP contribution in [0, 0.1) is 6.92 Å². The Hall–Kier alpha value is -3.02. The van der Waals surface area contributed by atoms with Gasteiger partial charge in [-0.15, -0.1) is 0 Å². The number of anilines is 1. The molecule has 0 aliphatic rings. The van der Waals surface area contributed by atoms with Crippen LogP contribution >= 0.6 is 0 Å². The monoisotopic (exact) mass is 343 g/mol. The number of amides is 1. The number of hydrogen-bond donors (Lipinski definition) is 1. The van der Waals surface area contributed by atoms with Crippen LogP contribution in [0.15, 0.2) is 36.4 Å². The van der Waals surface area contributed by atoms with Gasteiger partial charge < -0.3 is 19.5 Å². The zero-order valence-corrected chi connectivity index (χ0v) is 14.7. The van der Waals surface area contributed by atoms with Crippen molar-refractivity contribution in [2.75, 3.05) is 26.6 Å². The fourth-order valence-electron chi connectivity index (χ4n) is 2.47. The van der Waals surface area contributed by atoms with Gasteiger partial charge >= 0.3 is 5.97 Å². The first-order valence-corrected chi connectivity index (χ1v) is 7.68. The van der Waals surface area contributed by atoms with Crippen LogP contribution in [-0.2, 0) is 16.0 Å². The number of ether oxygens (including phenoxy) is 3. The molecule has 1 amide bonds. The molecule has 0 unspecified atom stereocenters. The number of hydrogen-bond acceptors (Lipinski definition) is 5. The Morgan fingerprint density at radius 1 is 1.00 bits per heavy atom. The summed E-state index contributed by atoms with van der Waals surface area (Å²) in [7, 11) is 4.45. The number of aryl methyl sites for hydroxylation is 1. The van der Waals surface area contributed by atoms with Gasteiger partial charge in [0.25, 0.3) is 0 Å². The minimum absolute atomic E-state index is 0.113. The van der Waals surface area contributed by atoms with E-state index in [0.29, 0.717) is 28.3 Å². The number of benzene rings is 2. The summed E-state index contributed by atoms with van der Waals surface area (Å²) < 4.78 is 15.3. The van der Waals surface area contributed by atoms with Crippen molar-refractivity contribution in [3.8, 4) is 11.5 Å². The highest BCUT2D eigenvalue weighted by atomic mass is 16.5. The molecule has 0 heterocycles. The molecule has 1 N–H and O–H groups in total. The third kappa shape index (κ3) is 4.50. The molecular formula is C19H21NO5. The molecule has 0 aromatic heterocycles. The Balaban J connectivity index is 2.16. The van der Waals surface area contributed by atoms with Gasteiger partial charge in [0, 0.05) is 11.3 Å². The van der Waals surface area contributed by atoms with E-state index in [1.807, 2.05) is 13.0 Å². The Bertz CT molecular complexity index is 785. The summed E-state index contributed by atoms with van der Waals surface area (Å²) in [6, 6.07) is 10.2. The van der Waals surface area contributed by atoms with E-state index in [9.17, 15) is 9.59 Å². The molecule has 0 spiro atoms. The fourth-order valence-corrected chi connectivity index (χ4v) is 2.47. The van der Waals surface area contributed by atoms with Crippen molar-refractivity contribution in [2.24, 2.45) is 0 Å². The van der Waals surface area contributed by atoms with Gasteiger partial charge in [-0.05, 0) is 42.8 Å². The second kappa shape index (κ2) is 8.19. The Kier molecular flexibility index (Phi) is 6.00. The summed E-state index contributed by atoms with van der Waals surface area (Å²) in [4.78, 5) is 23.9. The van der Waals surface area contributed by atoms with Crippen LogP contribution in [-0.4, -0.2) is 33.2 Å². The molecule has 0 aliphatic heterocycles. The first-order chi connectivity index (χ1) is 12.0. The van der Waals surface area contributed by atoms with Crippen LogP contribution < -0.4 is 14.8 Å². The molecule has 0 saturated heterocycles. The van der Waals surface area contributed by atoms with Crippen molar-refractivity contribution in [1.82, 2.24) is 0 Å². The summed E-state index contributed by atoms with van der Waals surface area (Å²) in [5, 5.41) is 2.77. The lowest BCUT2D eigenvalue weighted by atomic mass is 10.1. The van der Waals surface area contributed by atoms with Gasteiger partial charge in [-0.3, -0.25) is 4.79 Å². The molecule has 2 aromatic rings. The molecule has 2 rings (SSSR count). The maximum Gasteiger partial charge on any atom is 0.337 e. The second-order valence-corrected chi connectivity index (χ2v) is 5.43. The zero-order chi connectivity index (χ0) is 18.4. The molecule has 0 radical (unpaired) electrons. The fraction of sp³-hybridized carbons (Fsp3) is 0.263. The summed E-state index contributed by atoms with van der Waals surface area (Å²) in [5.41, 5.74) is 2.53. The van der Waals surface area contributed by atoms with E-state index < -0.39 is 5.97 Å². The first kappa shape index (κ1) is 18.3. The SMILES string of the molecule is COC(=O)c1cccc(NC(=O)Cc2cc(OC)c(C)cc2OC)c1. The van der Waals surface area contributed by atoms with Crippen LogP contribution in [0.4, 0.5) is 5.69 Å². The van der Waals surface area contributed by atoms with E-state index in [-0.39, 0.29) is 12.3 Å². The molecular weight excluding hydrogens is 322 g/mol. The number of esters is 1. The maximum absolute atomic E-state index is 12.4. The van der Waals surface area contributed by atoms with Crippen LogP contribution in [0.1, 0.15) is 21.5 Å². The van der Waals surface area contributed by atoms with Crippen molar-refractivity contribution in [3.63, 3.8) is 0 Å². The lowest BCUT2D eigenvalue weighted by Gasteiger charge is -2.13. The average Bonchev–Trinajstić information content (AvgIpc) is 2.62. The highest BCUT2D eigenvalue weighted by molar-refractivity contribution is 5.95. The van der Waals surface area contributed by atoms with Crippen molar-refractivity contribution in [1.29, 1.82) is 0 Å². The maximum atomic E-state index is 12.4. The largest absolute Gasteiger partial charge is 0.496 e. The highest BCUT2D eigenvalue weighted by Crippen LogP contribution is 2.28. The van der Waals surface area contributed by atoms with Crippen LogP contribution in [0.5, 0.6) is 11.5 Å². The van der Waals surface area contributed by atoms with Gasteiger partial charge in [0.05, 0.1) is 33.3 Å². The van der Waals surface area contributed by atoms with Crippen molar-refractivity contribution in [3.05, 3.63) is 53.1 Å². The topological polar surface area (TPSA) is 73.9 Å². The highest BCUT2D eigenvalue weighted by Gasteiger charge is 2.13. The number of carbonyl (C=O) groups is 2. The molecule has 6 heteroatoms. The van der Waals surface area contributed by atoms with Gasteiger partial charge in [-0.25, -0.2) is 4.79 Å². The molecule has 25 heavy (non-hydrogen) atoms. The molecule has 0 saturated carbocycles. The molecule has 6 nitrogen and oxygen atoms in total. The third-order valence-corrected chi connectivity index (χ3v) is 3.72. The summed E-state index contributed by atoms with van der Waals surface area (Å²) in [6.45, 7) is 1.91. The van der Waals surface area contributed by atoms with Crippen molar-refractivity contribution < 1.29 is 23.8 Å². The number of nitrogens with one attached hydrogen (secondary N) is 1. The third-order valence-electron chi connectivity index (χ3n) is 3.72. The minimum Gasteiger partial charge on any atom is -0.496 e. The van der Waals surface area contributed by atoms with Gasteiger partial charge in [0.2, 0.25) is 5.91 Å². The summed E-state index contributed by atoms with van der Waals surface area (Å²) in [6.07, 6.45) is 0.113. The quantitative estimate of drug-likeness (QED) is 0.816. The van der Waals surface area contributed by atoms with E-state index >= 15 is 0 Å². The van der Waals surface area contributed by atoms with E-state index in [4.69, 9.17) is 9.47 Å². The molecule has 0 bridgehead atoms. The lowest BCUT2D eigenvalue weighted by molar-refractivity contribution is -0.115. The summed E-state index contributed by atoms with van der Waals surface area (Å²) in [5.74, 6) is 0.625. The predicted octanol–water partition coefficient (Wildman–Crippen LogP) is 2.98. The number of methoxy groups -OCH3 is 3. The van der Waals surface area contributed by atoms with Gasteiger partial charge in [-0.1, -0.05) is 6.07 Å². The zero-order valence-electron chi connectivity index (χ0n) is 14.7. The van der Waals surface area contributed by atoms with Gasteiger partial charge in [-0.2, -0.15) is 0 Å². The van der Waals surface area contributed by atoms with Crippen LogP contribution in [0.3, 0.4) is 0 Å². The molecule has 0 aliphatic carbocycles. The summed E-state index contributed by atoms with van der Waals surface area (Å²) >= 11 is 0.